The lowest BCUT2D eigenvalue weighted by Gasteiger charge is -2.32. The van der Waals surface area contributed by atoms with Crippen LogP contribution in [0.15, 0.2) is 85.1 Å². The first-order chi connectivity index (χ1) is 15.3. The van der Waals surface area contributed by atoms with Gasteiger partial charge in [0, 0.05) is 24.8 Å². The van der Waals surface area contributed by atoms with Gasteiger partial charge in [0.2, 0.25) is 5.95 Å². The highest BCUT2D eigenvalue weighted by atomic mass is 15.1. The van der Waals surface area contributed by atoms with E-state index < -0.39 is 0 Å². The Hall–Kier alpha value is -3.24. The molecule has 1 N–H and O–H groups in total. The molecular weight excluding hydrogens is 380 g/mol. The van der Waals surface area contributed by atoms with Gasteiger partial charge >= 0.3 is 0 Å². The second kappa shape index (κ2) is 9.27. The van der Waals surface area contributed by atoms with Crippen LogP contribution >= 0.6 is 0 Å². The molecule has 31 heavy (non-hydrogen) atoms. The fraction of sp³-hybridized carbons (Fsp3) is 0.259. The monoisotopic (exact) mass is 408 g/mol. The molecule has 156 valence electrons. The van der Waals surface area contributed by atoms with Crippen molar-refractivity contribution in [2.24, 2.45) is 5.92 Å². The summed E-state index contributed by atoms with van der Waals surface area (Å²) in [6.45, 7) is 4.29. The number of nitrogens with zero attached hydrogens (tertiary/aromatic N) is 3. The zero-order valence-corrected chi connectivity index (χ0v) is 17.7. The highest BCUT2D eigenvalue weighted by molar-refractivity contribution is 5.86. The van der Waals surface area contributed by atoms with Crippen molar-refractivity contribution in [1.82, 2.24) is 14.9 Å². The van der Waals surface area contributed by atoms with Gasteiger partial charge in [-0.25, -0.2) is 9.97 Å². The number of fused-ring (bicyclic) bond motifs is 1. The Morgan fingerprint density at radius 2 is 1.61 bits per heavy atom. The summed E-state index contributed by atoms with van der Waals surface area (Å²) in [5, 5.41) is 5.96. The Morgan fingerprint density at radius 3 is 2.45 bits per heavy atom. The number of likely N-dealkylation sites (tertiary alicyclic amines) is 1. The number of piperidine rings is 1. The summed E-state index contributed by atoms with van der Waals surface area (Å²) in [6.07, 6.45) is 4.27. The summed E-state index contributed by atoms with van der Waals surface area (Å²) in [6, 6.07) is 27.7. The third-order valence-electron chi connectivity index (χ3n) is 6.21. The van der Waals surface area contributed by atoms with Crippen molar-refractivity contribution in [3.63, 3.8) is 0 Å². The van der Waals surface area contributed by atoms with Crippen LogP contribution in [0.25, 0.3) is 22.0 Å². The van der Waals surface area contributed by atoms with Gasteiger partial charge in [-0.3, -0.25) is 4.90 Å². The van der Waals surface area contributed by atoms with Crippen LogP contribution in [0.4, 0.5) is 5.95 Å². The standard InChI is InChI=1S/C27H28N4/c1-2-6-22(7-3-1)20-31-16-13-21(14-17-31)19-29-27-28-15-12-26(30-27)25-11-10-23-8-4-5-9-24(23)18-25/h1-12,15,18,21H,13-14,16-17,19-20H2,(H,28,29,30). The normalized spacial score (nSPS) is 15.2. The van der Waals surface area contributed by atoms with Crippen molar-refractivity contribution in [1.29, 1.82) is 0 Å². The third-order valence-corrected chi connectivity index (χ3v) is 6.21. The molecule has 2 heterocycles. The molecule has 0 spiro atoms. The van der Waals surface area contributed by atoms with Crippen LogP contribution in [0.2, 0.25) is 0 Å². The van der Waals surface area contributed by atoms with Crippen LogP contribution in [0.5, 0.6) is 0 Å². The molecule has 0 amide bonds. The highest BCUT2D eigenvalue weighted by Crippen LogP contribution is 2.24. The molecule has 4 heteroatoms. The quantitative estimate of drug-likeness (QED) is 0.449. The lowest BCUT2D eigenvalue weighted by Crippen LogP contribution is -2.35. The number of benzene rings is 3. The zero-order chi connectivity index (χ0) is 20.9. The summed E-state index contributed by atoms with van der Waals surface area (Å²) in [5.74, 6) is 1.39. The highest BCUT2D eigenvalue weighted by Gasteiger charge is 2.19. The third kappa shape index (κ3) is 4.92. The first-order valence-corrected chi connectivity index (χ1v) is 11.2. The van der Waals surface area contributed by atoms with E-state index >= 15 is 0 Å². The molecule has 3 aromatic carbocycles. The summed E-state index contributed by atoms with van der Waals surface area (Å²) < 4.78 is 0. The van der Waals surface area contributed by atoms with Gasteiger partial charge in [0.25, 0.3) is 0 Å². The van der Waals surface area contributed by atoms with Gasteiger partial charge in [-0.2, -0.15) is 0 Å². The van der Waals surface area contributed by atoms with E-state index in [1.165, 1.54) is 29.2 Å². The smallest absolute Gasteiger partial charge is 0.223 e. The Bertz CT molecular complexity index is 1130. The number of anilines is 1. The van der Waals surface area contributed by atoms with Crippen LogP contribution in [-0.2, 0) is 6.54 Å². The Kier molecular flexibility index (Phi) is 5.90. The van der Waals surface area contributed by atoms with Crippen molar-refractivity contribution in [2.45, 2.75) is 19.4 Å². The van der Waals surface area contributed by atoms with Crippen molar-refractivity contribution >= 4 is 16.7 Å². The molecule has 0 radical (unpaired) electrons. The van der Waals surface area contributed by atoms with Crippen molar-refractivity contribution < 1.29 is 0 Å². The van der Waals surface area contributed by atoms with Gasteiger partial charge < -0.3 is 5.32 Å². The first-order valence-electron chi connectivity index (χ1n) is 11.2. The molecule has 4 nitrogen and oxygen atoms in total. The summed E-state index contributed by atoms with van der Waals surface area (Å²) in [4.78, 5) is 11.8. The van der Waals surface area contributed by atoms with E-state index in [2.05, 4.69) is 88.0 Å². The second-order valence-electron chi connectivity index (χ2n) is 8.41. The molecular formula is C27H28N4. The first kappa shape index (κ1) is 19.7. The molecule has 0 aliphatic carbocycles. The van der Waals surface area contributed by atoms with E-state index in [9.17, 15) is 0 Å². The van der Waals surface area contributed by atoms with Crippen LogP contribution in [0, 0.1) is 5.92 Å². The van der Waals surface area contributed by atoms with Gasteiger partial charge in [-0.15, -0.1) is 0 Å². The van der Waals surface area contributed by atoms with Crippen LogP contribution in [0.3, 0.4) is 0 Å². The number of hydrogen-bond donors (Lipinski definition) is 1. The number of nitrogens with one attached hydrogen (secondary N) is 1. The molecule has 1 aromatic heterocycles. The van der Waals surface area contributed by atoms with Gasteiger partial charge in [0.1, 0.15) is 0 Å². The Morgan fingerprint density at radius 1 is 0.839 bits per heavy atom. The van der Waals surface area contributed by atoms with Gasteiger partial charge in [0.05, 0.1) is 5.69 Å². The fourth-order valence-corrected chi connectivity index (χ4v) is 4.38. The summed E-state index contributed by atoms with van der Waals surface area (Å²) in [7, 11) is 0. The van der Waals surface area contributed by atoms with Crippen LogP contribution in [-0.4, -0.2) is 34.5 Å². The van der Waals surface area contributed by atoms with Crippen molar-refractivity contribution in [2.75, 3.05) is 25.0 Å². The minimum atomic E-state index is 0.667. The van der Waals surface area contributed by atoms with E-state index in [1.807, 2.05) is 12.3 Å². The largest absolute Gasteiger partial charge is 0.354 e. The average Bonchev–Trinajstić information content (AvgIpc) is 2.84. The van der Waals surface area contributed by atoms with Crippen LogP contribution < -0.4 is 5.32 Å². The topological polar surface area (TPSA) is 41.0 Å². The molecule has 0 bridgehead atoms. The summed E-state index contributed by atoms with van der Waals surface area (Å²) in [5.41, 5.74) is 3.48. The lowest BCUT2D eigenvalue weighted by atomic mass is 9.96. The van der Waals surface area contributed by atoms with Crippen LogP contribution in [0.1, 0.15) is 18.4 Å². The molecule has 0 saturated carbocycles. The van der Waals surface area contributed by atoms with E-state index in [4.69, 9.17) is 4.98 Å². The molecule has 1 aliphatic rings. The number of hydrogen-bond acceptors (Lipinski definition) is 4. The predicted molar refractivity (Wildman–Crippen MR) is 128 cm³/mol. The molecule has 0 atom stereocenters. The van der Waals surface area contributed by atoms with E-state index in [0.29, 0.717) is 5.92 Å². The van der Waals surface area contributed by atoms with Crippen molar-refractivity contribution in [3.8, 4) is 11.3 Å². The maximum Gasteiger partial charge on any atom is 0.223 e. The van der Waals surface area contributed by atoms with E-state index in [0.717, 1.165) is 43.4 Å². The minimum Gasteiger partial charge on any atom is -0.354 e. The second-order valence-corrected chi connectivity index (χ2v) is 8.41. The lowest BCUT2D eigenvalue weighted by molar-refractivity contribution is 0.182. The number of aromatic nitrogens is 2. The molecule has 1 fully saturated rings. The SMILES string of the molecule is c1ccc(CN2CCC(CNc3nccc(-c4ccc5ccccc5c4)n3)CC2)cc1. The molecule has 0 unspecified atom stereocenters. The van der Waals surface area contributed by atoms with E-state index in [1.54, 1.807) is 0 Å². The Labute approximate surface area is 184 Å². The molecule has 1 saturated heterocycles. The van der Waals surface area contributed by atoms with Gasteiger partial charge in [-0.1, -0.05) is 66.7 Å². The zero-order valence-electron chi connectivity index (χ0n) is 17.7. The minimum absolute atomic E-state index is 0.667. The van der Waals surface area contributed by atoms with Crippen molar-refractivity contribution in [3.05, 3.63) is 90.6 Å². The molecule has 5 rings (SSSR count). The van der Waals surface area contributed by atoms with Gasteiger partial charge in [-0.05, 0) is 60.3 Å². The Balaban J connectivity index is 1.17. The molecule has 1 aliphatic heterocycles. The van der Waals surface area contributed by atoms with E-state index in [-0.39, 0.29) is 0 Å². The predicted octanol–water partition coefficient (Wildman–Crippen LogP) is 5.62. The average molecular weight is 409 g/mol. The van der Waals surface area contributed by atoms with Gasteiger partial charge in [0.15, 0.2) is 0 Å². The maximum atomic E-state index is 4.77. The maximum absolute atomic E-state index is 4.77. The molecule has 4 aromatic rings. The number of rotatable bonds is 6. The fourth-order valence-electron chi connectivity index (χ4n) is 4.38. The summed E-state index contributed by atoms with van der Waals surface area (Å²) >= 11 is 0.